The van der Waals surface area contributed by atoms with Crippen LogP contribution in [0, 0.1) is 29.6 Å². The summed E-state index contributed by atoms with van der Waals surface area (Å²) in [5, 5.41) is 14.8. The maximum absolute atomic E-state index is 14.0. The number of ketones is 1. The number of aromatic nitrogens is 2. The number of carbonyl (C=O) groups excluding carboxylic acids is 2. The van der Waals surface area contributed by atoms with Crippen molar-refractivity contribution in [2.24, 2.45) is 22.7 Å². The Bertz CT molecular complexity index is 1310. The Morgan fingerprint density at radius 1 is 1.05 bits per heavy atom. The Kier molecular flexibility index (Phi) is 7.35. The number of carboxylic acids is 1. The van der Waals surface area contributed by atoms with Crippen molar-refractivity contribution in [3.63, 3.8) is 0 Å². The van der Waals surface area contributed by atoms with Crippen molar-refractivity contribution in [3.8, 4) is 0 Å². The monoisotopic (exact) mass is 593 g/mol. The van der Waals surface area contributed by atoms with Gasteiger partial charge in [-0.25, -0.2) is 0 Å². The van der Waals surface area contributed by atoms with Crippen LogP contribution in [0.15, 0.2) is 18.3 Å². The lowest BCUT2D eigenvalue weighted by atomic mass is 9.74. The summed E-state index contributed by atoms with van der Waals surface area (Å²) in [6.45, 7) is 7.96. The van der Waals surface area contributed by atoms with Gasteiger partial charge >= 0.3 is 5.97 Å². The number of aryl methyl sites for hydroxylation is 1. The van der Waals surface area contributed by atoms with E-state index in [4.69, 9.17) is 34.8 Å². The number of carboxylic acid groups (broad SMARTS) is 1. The number of amides is 1. The van der Waals surface area contributed by atoms with E-state index in [1.165, 1.54) is 6.20 Å². The number of Topliss-reactive ketones (excluding diaryl/α,β-unsaturated/α-hetero) is 1. The number of nitrogens with zero attached hydrogens (tertiary/aromatic N) is 3. The average Bonchev–Trinajstić information content (AvgIpc) is 3.23. The lowest BCUT2D eigenvalue weighted by Crippen LogP contribution is -2.43. The molecule has 1 amide bonds. The average molecular weight is 595 g/mol. The first-order valence-electron chi connectivity index (χ1n) is 13.5. The van der Waals surface area contributed by atoms with Crippen molar-refractivity contribution in [3.05, 3.63) is 50.2 Å². The van der Waals surface area contributed by atoms with Gasteiger partial charge in [-0.05, 0) is 87.3 Å². The molecule has 0 spiro atoms. The number of halogens is 3. The van der Waals surface area contributed by atoms with Crippen LogP contribution in [0.1, 0.15) is 91.6 Å². The standard InChI is InChI=1S/C29H34Cl3N3O4/c1-15-9-21(30)24(22(31)10-15)23(36)14-34(17-11-19-20(12-17)28(19,2)3)26(37)18-13-33-35(25(18)32)16-5-7-29(4,8-6-16)27(38)39/h9-10,13,16-17,19-20H,5-8,11-12,14H2,1-4H3,(H,38,39). The van der Waals surface area contributed by atoms with E-state index in [9.17, 15) is 19.5 Å². The van der Waals surface area contributed by atoms with Crippen molar-refractivity contribution >= 4 is 52.5 Å². The Labute approximate surface area is 243 Å². The zero-order valence-corrected chi connectivity index (χ0v) is 24.9. The fourth-order valence-electron chi connectivity index (χ4n) is 6.90. The maximum Gasteiger partial charge on any atom is 0.309 e. The minimum Gasteiger partial charge on any atom is -0.481 e. The van der Waals surface area contributed by atoms with Crippen LogP contribution in [0.4, 0.5) is 0 Å². The molecule has 1 heterocycles. The first kappa shape index (κ1) is 28.4. The summed E-state index contributed by atoms with van der Waals surface area (Å²) in [7, 11) is 0. The minimum atomic E-state index is -0.796. The molecule has 5 rings (SSSR count). The van der Waals surface area contributed by atoms with Gasteiger partial charge in [0, 0.05) is 6.04 Å². The summed E-state index contributed by atoms with van der Waals surface area (Å²) >= 11 is 19.6. The fourth-order valence-corrected chi connectivity index (χ4v) is 8.01. The van der Waals surface area contributed by atoms with Crippen LogP contribution in [0.5, 0.6) is 0 Å². The number of carbonyl (C=O) groups is 3. The number of fused-ring (bicyclic) bond motifs is 1. The predicted molar refractivity (Wildman–Crippen MR) is 151 cm³/mol. The van der Waals surface area contributed by atoms with Gasteiger partial charge in [0.25, 0.3) is 5.91 Å². The highest BCUT2D eigenvalue weighted by molar-refractivity contribution is 6.40. The van der Waals surface area contributed by atoms with E-state index < -0.39 is 11.4 Å². The zero-order chi connectivity index (χ0) is 28.4. The highest BCUT2D eigenvalue weighted by Crippen LogP contribution is 2.67. The second-order valence-electron chi connectivity index (χ2n) is 12.5. The molecule has 10 heteroatoms. The summed E-state index contributed by atoms with van der Waals surface area (Å²) in [5.74, 6) is -0.418. The van der Waals surface area contributed by atoms with Gasteiger partial charge in [-0.1, -0.05) is 48.7 Å². The predicted octanol–water partition coefficient (Wildman–Crippen LogP) is 7.12. The van der Waals surface area contributed by atoms with E-state index in [0.717, 1.165) is 18.4 Å². The highest BCUT2D eigenvalue weighted by Gasteiger charge is 2.63. The second kappa shape index (κ2) is 10.1. The van der Waals surface area contributed by atoms with E-state index in [-0.39, 0.29) is 62.1 Å². The van der Waals surface area contributed by atoms with Crippen molar-refractivity contribution in [2.75, 3.05) is 6.54 Å². The van der Waals surface area contributed by atoms with Crippen LogP contribution in [-0.2, 0) is 4.79 Å². The molecule has 1 N–H and O–H groups in total. The first-order valence-corrected chi connectivity index (χ1v) is 14.6. The normalized spacial score (nSPS) is 29.1. The molecule has 3 fully saturated rings. The van der Waals surface area contributed by atoms with Crippen molar-refractivity contribution < 1.29 is 19.5 Å². The lowest BCUT2D eigenvalue weighted by Gasteiger charge is -2.34. The van der Waals surface area contributed by atoms with Crippen molar-refractivity contribution in [2.45, 2.75) is 78.3 Å². The molecule has 0 aliphatic heterocycles. The minimum absolute atomic E-state index is 0.0911. The number of hydrogen-bond donors (Lipinski definition) is 1. The molecule has 39 heavy (non-hydrogen) atoms. The fraction of sp³-hybridized carbons (Fsp3) is 0.586. The maximum atomic E-state index is 14.0. The van der Waals surface area contributed by atoms with Crippen LogP contribution >= 0.6 is 34.8 Å². The van der Waals surface area contributed by atoms with Gasteiger partial charge in [0.15, 0.2) is 5.78 Å². The summed E-state index contributed by atoms with van der Waals surface area (Å²) < 4.78 is 1.64. The zero-order valence-electron chi connectivity index (χ0n) is 22.6. The van der Waals surface area contributed by atoms with Crippen molar-refractivity contribution in [1.29, 1.82) is 0 Å². The Hall–Kier alpha value is -2.09. The molecule has 3 aliphatic rings. The van der Waals surface area contributed by atoms with Gasteiger partial charge in [0.05, 0.1) is 45.4 Å². The van der Waals surface area contributed by atoms with Gasteiger partial charge in [-0.3, -0.25) is 19.1 Å². The van der Waals surface area contributed by atoms with Crippen LogP contribution in [0.25, 0.3) is 0 Å². The van der Waals surface area contributed by atoms with E-state index >= 15 is 0 Å². The SMILES string of the molecule is Cc1cc(Cl)c(C(=O)CN(C(=O)c2cnn(C3CCC(C)(C(=O)O)CC3)c2Cl)C2CC3C(C2)C3(C)C)c(Cl)c1. The third-order valence-electron chi connectivity index (χ3n) is 9.71. The van der Waals surface area contributed by atoms with E-state index in [1.807, 2.05) is 6.92 Å². The highest BCUT2D eigenvalue weighted by atomic mass is 35.5. The molecule has 0 saturated heterocycles. The number of rotatable bonds is 7. The first-order chi connectivity index (χ1) is 18.2. The van der Waals surface area contributed by atoms with Crippen LogP contribution in [-0.4, -0.2) is 50.0 Å². The Balaban J connectivity index is 1.40. The third kappa shape index (κ3) is 5.00. The molecule has 210 valence electrons. The molecule has 2 unspecified atom stereocenters. The summed E-state index contributed by atoms with van der Waals surface area (Å²) in [6, 6.07) is 3.20. The molecule has 1 aromatic heterocycles. The molecule has 2 aromatic rings. The second-order valence-corrected chi connectivity index (χ2v) is 13.7. The molecule has 0 radical (unpaired) electrons. The van der Waals surface area contributed by atoms with E-state index in [1.54, 1.807) is 28.6 Å². The smallest absolute Gasteiger partial charge is 0.309 e. The summed E-state index contributed by atoms with van der Waals surface area (Å²) in [4.78, 5) is 40.8. The molecular weight excluding hydrogens is 561 g/mol. The molecule has 2 atom stereocenters. The van der Waals surface area contributed by atoms with Gasteiger partial charge in [-0.2, -0.15) is 5.10 Å². The number of benzene rings is 1. The summed E-state index contributed by atoms with van der Waals surface area (Å²) in [6.07, 6.45) is 5.34. The molecule has 1 aromatic carbocycles. The van der Waals surface area contributed by atoms with Gasteiger partial charge in [0.2, 0.25) is 0 Å². The quantitative estimate of drug-likeness (QED) is 0.345. The van der Waals surface area contributed by atoms with E-state index in [0.29, 0.717) is 37.5 Å². The van der Waals surface area contributed by atoms with Gasteiger partial charge in [0.1, 0.15) is 5.15 Å². The molecule has 3 saturated carbocycles. The van der Waals surface area contributed by atoms with Gasteiger partial charge < -0.3 is 10.0 Å². The van der Waals surface area contributed by atoms with Crippen molar-refractivity contribution in [1.82, 2.24) is 14.7 Å². The number of aliphatic carboxylic acids is 1. The third-order valence-corrected chi connectivity index (χ3v) is 10.7. The molecule has 0 bridgehead atoms. The molecular formula is C29H34Cl3N3O4. The summed E-state index contributed by atoms with van der Waals surface area (Å²) in [5.41, 5.74) is 0.805. The Morgan fingerprint density at radius 3 is 2.15 bits per heavy atom. The lowest BCUT2D eigenvalue weighted by molar-refractivity contribution is -0.150. The van der Waals surface area contributed by atoms with Crippen LogP contribution < -0.4 is 0 Å². The molecule has 3 aliphatic carbocycles. The van der Waals surface area contributed by atoms with E-state index in [2.05, 4.69) is 18.9 Å². The van der Waals surface area contributed by atoms with Crippen LogP contribution in [0.2, 0.25) is 15.2 Å². The Morgan fingerprint density at radius 2 is 1.62 bits per heavy atom. The number of hydrogen-bond acceptors (Lipinski definition) is 4. The van der Waals surface area contributed by atoms with Crippen LogP contribution in [0.3, 0.4) is 0 Å². The molecule has 7 nitrogen and oxygen atoms in total. The van der Waals surface area contributed by atoms with Gasteiger partial charge in [-0.15, -0.1) is 0 Å². The topological polar surface area (TPSA) is 92.5 Å². The largest absolute Gasteiger partial charge is 0.481 e.